The van der Waals surface area contributed by atoms with Gasteiger partial charge in [0.15, 0.2) is 6.10 Å². The van der Waals surface area contributed by atoms with E-state index in [1.165, 1.54) is 173 Å². The molecule has 0 bridgehead atoms. The Labute approximate surface area is 355 Å². The molecule has 0 fully saturated rings. The van der Waals surface area contributed by atoms with E-state index in [2.05, 4.69) is 27.7 Å². The highest BCUT2D eigenvalue weighted by atomic mass is 16.6. The lowest BCUT2D eigenvalue weighted by Crippen LogP contribution is -2.30. The molecule has 0 heterocycles. The molecule has 0 saturated carbocycles. The molecule has 0 aliphatic heterocycles. The van der Waals surface area contributed by atoms with Crippen LogP contribution in [0.15, 0.2) is 0 Å². The molecule has 0 radical (unpaired) electrons. The summed E-state index contributed by atoms with van der Waals surface area (Å²) in [6.45, 7) is 8.95. The first-order chi connectivity index (χ1) is 27.9. The molecular formula is C51H98O6. The van der Waals surface area contributed by atoms with Crippen LogP contribution in [0.5, 0.6) is 0 Å². The third kappa shape index (κ3) is 45.3. The Morgan fingerprint density at radius 1 is 0.333 bits per heavy atom. The van der Waals surface area contributed by atoms with Gasteiger partial charge >= 0.3 is 17.9 Å². The molecule has 0 aromatic carbocycles. The van der Waals surface area contributed by atoms with Crippen molar-refractivity contribution in [2.45, 2.75) is 291 Å². The number of ether oxygens (including phenoxy) is 3. The van der Waals surface area contributed by atoms with Crippen molar-refractivity contribution in [3.63, 3.8) is 0 Å². The van der Waals surface area contributed by atoms with Gasteiger partial charge in [-0.3, -0.25) is 14.4 Å². The van der Waals surface area contributed by atoms with Crippen LogP contribution in [0, 0.1) is 5.92 Å². The highest BCUT2D eigenvalue weighted by molar-refractivity contribution is 5.71. The highest BCUT2D eigenvalue weighted by Gasteiger charge is 2.19. The van der Waals surface area contributed by atoms with Crippen molar-refractivity contribution in [2.24, 2.45) is 5.92 Å². The minimum Gasteiger partial charge on any atom is -0.462 e. The van der Waals surface area contributed by atoms with Crippen LogP contribution in [0.4, 0.5) is 0 Å². The van der Waals surface area contributed by atoms with Gasteiger partial charge in [0.1, 0.15) is 13.2 Å². The topological polar surface area (TPSA) is 78.9 Å². The number of rotatable bonds is 46. The molecule has 0 aliphatic rings. The van der Waals surface area contributed by atoms with Gasteiger partial charge in [-0.25, -0.2) is 0 Å². The molecule has 0 saturated heterocycles. The fourth-order valence-corrected chi connectivity index (χ4v) is 7.69. The fraction of sp³-hybridized carbons (Fsp3) is 0.941. The average molecular weight is 807 g/mol. The van der Waals surface area contributed by atoms with Crippen LogP contribution in [0.2, 0.25) is 0 Å². The van der Waals surface area contributed by atoms with E-state index in [0.717, 1.165) is 70.1 Å². The van der Waals surface area contributed by atoms with Crippen molar-refractivity contribution in [1.82, 2.24) is 0 Å². The summed E-state index contributed by atoms with van der Waals surface area (Å²) in [5, 5.41) is 0. The van der Waals surface area contributed by atoms with Crippen LogP contribution in [-0.2, 0) is 28.6 Å². The first-order valence-corrected chi connectivity index (χ1v) is 25.4. The Hall–Kier alpha value is -1.59. The van der Waals surface area contributed by atoms with E-state index in [1.54, 1.807) is 0 Å². The maximum Gasteiger partial charge on any atom is 0.306 e. The summed E-state index contributed by atoms with van der Waals surface area (Å²) in [4.78, 5) is 37.6. The van der Waals surface area contributed by atoms with E-state index < -0.39 is 6.10 Å². The zero-order chi connectivity index (χ0) is 41.7. The zero-order valence-corrected chi connectivity index (χ0v) is 38.8. The third-order valence-corrected chi connectivity index (χ3v) is 11.5. The SMILES string of the molecule is CCCCCCCCCCCCCCCCCCCCCC(=O)OC[C@@H](COC(=O)CCCCCCC)OC(=O)CCCCCCCCCCCCCCC(C)C. The van der Waals surface area contributed by atoms with Crippen LogP contribution >= 0.6 is 0 Å². The Balaban J connectivity index is 4.09. The summed E-state index contributed by atoms with van der Waals surface area (Å²) in [6.07, 6.45) is 47.0. The summed E-state index contributed by atoms with van der Waals surface area (Å²) in [5.41, 5.74) is 0. The number of carbonyl (C=O) groups is 3. The van der Waals surface area contributed by atoms with Crippen LogP contribution in [0.1, 0.15) is 285 Å². The molecule has 6 nitrogen and oxygen atoms in total. The molecule has 57 heavy (non-hydrogen) atoms. The number of hydrogen-bond donors (Lipinski definition) is 0. The van der Waals surface area contributed by atoms with Crippen LogP contribution in [0.3, 0.4) is 0 Å². The predicted molar refractivity (Wildman–Crippen MR) is 243 cm³/mol. The lowest BCUT2D eigenvalue weighted by atomic mass is 10.0. The van der Waals surface area contributed by atoms with Crippen molar-refractivity contribution < 1.29 is 28.6 Å². The fourth-order valence-electron chi connectivity index (χ4n) is 7.69. The van der Waals surface area contributed by atoms with E-state index in [9.17, 15) is 14.4 Å². The summed E-state index contributed by atoms with van der Waals surface area (Å²) in [5.74, 6) is -0.0293. The minimum atomic E-state index is -0.759. The first kappa shape index (κ1) is 55.4. The second kappa shape index (κ2) is 45.5. The van der Waals surface area contributed by atoms with E-state index in [-0.39, 0.29) is 31.1 Å². The van der Waals surface area contributed by atoms with Gasteiger partial charge in [0.2, 0.25) is 0 Å². The zero-order valence-electron chi connectivity index (χ0n) is 38.8. The van der Waals surface area contributed by atoms with Gasteiger partial charge in [-0.05, 0) is 25.2 Å². The van der Waals surface area contributed by atoms with Gasteiger partial charge in [0.05, 0.1) is 0 Å². The summed E-state index contributed by atoms with van der Waals surface area (Å²) in [7, 11) is 0. The molecule has 0 rings (SSSR count). The third-order valence-electron chi connectivity index (χ3n) is 11.5. The normalized spacial score (nSPS) is 11.9. The summed E-state index contributed by atoms with van der Waals surface area (Å²) in [6, 6.07) is 0. The van der Waals surface area contributed by atoms with Crippen molar-refractivity contribution >= 4 is 17.9 Å². The van der Waals surface area contributed by atoms with Gasteiger partial charge in [-0.1, -0.05) is 246 Å². The molecule has 1 atom stereocenters. The maximum absolute atomic E-state index is 12.7. The molecule has 338 valence electrons. The van der Waals surface area contributed by atoms with Crippen LogP contribution < -0.4 is 0 Å². The number of unbranched alkanes of at least 4 members (excludes halogenated alkanes) is 33. The molecular weight excluding hydrogens is 709 g/mol. The molecule has 0 spiro atoms. The Morgan fingerprint density at radius 3 is 0.860 bits per heavy atom. The Kier molecular flexibility index (Phi) is 44.2. The Morgan fingerprint density at radius 2 is 0.579 bits per heavy atom. The standard InChI is InChI=1S/C51H98O6/c1-5-7-9-11-12-13-14-15-16-17-18-19-20-21-25-28-31-35-39-43-50(53)56-46-48(45-55-49(52)42-38-33-10-8-6-2)57-51(54)44-40-36-32-29-26-23-22-24-27-30-34-37-41-47(3)4/h47-48H,5-46H2,1-4H3/t48-/m1/s1. The number of esters is 3. The van der Waals surface area contributed by atoms with Crippen molar-refractivity contribution in [3.05, 3.63) is 0 Å². The molecule has 0 amide bonds. The average Bonchev–Trinajstić information content (AvgIpc) is 3.19. The maximum atomic E-state index is 12.7. The van der Waals surface area contributed by atoms with Crippen molar-refractivity contribution in [2.75, 3.05) is 13.2 Å². The predicted octanol–water partition coefficient (Wildman–Crippen LogP) is 16.3. The van der Waals surface area contributed by atoms with Crippen molar-refractivity contribution in [3.8, 4) is 0 Å². The van der Waals surface area contributed by atoms with Crippen LogP contribution in [-0.4, -0.2) is 37.2 Å². The Bertz CT molecular complexity index is 857. The number of hydrogen-bond acceptors (Lipinski definition) is 6. The summed E-state index contributed by atoms with van der Waals surface area (Å²) < 4.78 is 16.7. The molecule has 0 unspecified atom stereocenters. The molecule has 0 aliphatic carbocycles. The molecule has 6 heteroatoms. The van der Waals surface area contributed by atoms with E-state index in [0.29, 0.717) is 19.3 Å². The molecule has 0 aromatic rings. The van der Waals surface area contributed by atoms with Crippen molar-refractivity contribution in [1.29, 1.82) is 0 Å². The second-order valence-electron chi connectivity index (χ2n) is 17.9. The monoisotopic (exact) mass is 807 g/mol. The quantitative estimate of drug-likeness (QED) is 0.0346. The minimum absolute atomic E-state index is 0.0641. The molecule has 0 aromatic heterocycles. The van der Waals surface area contributed by atoms with Gasteiger partial charge in [-0.15, -0.1) is 0 Å². The van der Waals surface area contributed by atoms with Gasteiger partial charge in [0.25, 0.3) is 0 Å². The summed E-state index contributed by atoms with van der Waals surface area (Å²) >= 11 is 0. The highest BCUT2D eigenvalue weighted by Crippen LogP contribution is 2.17. The lowest BCUT2D eigenvalue weighted by molar-refractivity contribution is -0.167. The van der Waals surface area contributed by atoms with E-state index in [4.69, 9.17) is 14.2 Å². The number of carbonyl (C=O) groups excluding carboxylic acids is 3. The van der Waals surface area contributed by atoms with Gasteiger partial charge in [0, 0.05) is 19.3 Å². The van der Waals surface area contributed by atoms with Gasteiger partial charge < -0.3 is 14.2 Å². The van der Waals surface area contributed by atoms with Gasteiger partial charge in [-0.2, -0.15) is 0 Å². The smallest absolute Gasteiger partial charge is 0.306 e. The van der Waals surface area contributed by atoms with E-state index in [1.807, 2.05) is 0 Å². The largest absolute Gasteiger partial charge is 0.462 e. The molecule has 0 N–H and O–H groups in total. The van der Waals surface area contributed by atoms with E-state index >= 15 is 0 Å². The second-order valence-corrected chi connectivity index (χ2v) is 17.9. The lowest BCUT2D eigenvalue weighted by Gasteiger charge is -2.18. The van der Waals surface area contributed by atoms with Crippen LogP contribution in [0.25, 0.3) is 0 Å². The first-order valence-electron chi connectivity index (χ1n) is 25.4.